The molecular weight excluding hydrogens is 630 g/mol. The Labute approximate surface area is 317 Å². The summed E-state index contributed by atoms with van der Waals surface area (Å²) in [5.74, 6) is -2.31. The van der Waals surface area contributed by atoms with Crippen LogP contribution in [0.4, 0.5) is 0 Å². The van der Waals surface area contributed by atoms with Crippen molar-refractivity contribution in [3.05, 3.63) is 88.5 Å². The molecule has 2 aliphatic heterocycles. The second-order valence-electron chi connectivity index (χ2n) is 10.5. The van der Waals surface area contributed by atoms with Crippen molar-refractivity contribution < 1.29 is 96.0 Å². The van der Waals surface area contributed by atoms with Crippen molar-refractivity contribution >= 4 is 62.4 Å². The van der Waals surface area contributed by atoms with Crippen LogP contribution >= 0.6 is 0 Å². The van der Waals surface area contributed by atoms with E-state index < -0.39 is 11.9 Å². The maximum atomic E-state index is 11.4. The quantitative estimate of drug-likeness (QED) is 0.256. The van der Waals surface area contributed by atoms with Crippen LogP contribution in [0.3, 0.4) is 0 Å². The summed E-state index contributed by atoms with van der Waals surface area (Å²) in [5, 5.41) is 22.8. The van der Waals surface area contributed by atoms with E-state index in [0.717, 1.165) is 61.5 Å². The minimum Gasteiger partial charge on any atom is -0.657 e. The van der Waals surface area contributed by atoms with Crippen LogP contribution in [-0.4, -0.2) is 21.9 Å². The van der Waals surface area contributed by atoms with Crippen molar-refractivity contribution in [2.45, 2.75) is 53.4 Å². The fourth-order valence-corrected chi connectivity index (χ4v) is 5.60. The van der Waals surface area contributed by atoms with Crippen LogP contribution in [0.15, 0.2) is 43.5 Å². The van der Waals surface area contributed by atoms with Crippen molar-refractivity contribution in [2.24, 2.45) is 0 Å². The second kappa shape index (κ2) is 15.9. The first-order valence-corrected chi connectivity index (χ1v) is 13.7. The monoisotopic (exact) mass is 660 g/mol. The van der Waals surface area contributed by atoms with Gasteiger partial charge in [0.05, 0.1) is 22.8 Å². The van der Waals surface area contributed by atoms with Gasteiger partial charge in [-0.1, -0.05) is 66.3 Å². The summed E-state index contributed by atoms with van der Waals surface area (Å²) in [6, 6.07) is 7.52. The van der Waals surface area contributed by atoms with Crippen LogP contribution in [-0.2, 0) is 33.1 Å². The van der Waals surface area contributed by atoms with E-state index >= 15 is 0 Å². The van der Waals surface area contributed by atoms with Gasteiger partial charge >= 0.3 is 76.2 Å². The minimum atomic E-state index is -1.16. The van der Waals surface area contributed by atoms with E-state index in [0.29, 0.717) is 27.9 Å². The molecule has 0 aromatic carbocycles. The smallest absolute Gasteiger partial charge is 0.657 e. The largest absolute Gasteiger partial charge is 2.00 e. The first kappa shape index (κ1) is 38.7. The van der Waals surface area contributed by atoms with Crippen molar-refractivity contribution in [3.8, 4) is 0 Å². The molecule has 11 heteroatoms. The maximum absolute atomic E-state index is 11.4. The zero-order valence-electron chi connectivity index (χ0n) is 26.5. The molecule has 5 heterocycles. The number of carboxylic acid groups (broad SMARTS) is 2. The van der Waals surface area contributed by atoms with Crippen LogP contribution in [0.5, 0.6) is 0 Å². The molecule has 0 saturated carbocycles. The molecule has 0 radical (unpaired) electrons. The molecule has 0 spiro atoms. The van der Waals surface area contributed by atoms with E-state index in [1.54, 1.807) is 18.2 Å². The van der Waals surface area contributed by atoms with E-state index in [4.69, 9.17) is 19.9 Å². The van der Waals surface area contributed by atoms with E-state index in [1.807, 2.05) is 45.9 Å². The third-order valence-electron chi connectivity index (χ3n) is 8.04. The molecule has 5 rings (SSSR count). The molecular formula is C34H30FeN4Na2O4. The summed E-state index contributed by atoms with van der Waals surface area (Å²) in [5.41, 5.74) is 12.2. The van der Waals surface area contributed by atoms with Crippen molar-refractivity contribution in [1.29, 1.82) is 0 Å². The number of hydrogen-bond acceptors (Lipinski definition) is 6. The van der Waals surface area contributed by atoms with E-state index in [2.05, 4.69) is 13.2 Å². The average Bonchev–Trinajstić information content (AvgIpc) is 3.59. The summed E-state index contributed by atoms with van der Waals surface area (Å²) in [6.07, 6.45) is 3.65. The molecule has 0 unspecified atom stereocenters. The predicted octanol–water partition coefficient (Wildman–Crippen LogP) is -1.90. The first-order chi connectivity index (χ1) is 20.0. The van der Waals surface area contributed by atoms with Crippen LogP contribution in [0.2, 0.25) is 0 Å². The standard InChI is InChI=1S/C34H34N4O4.Fe.2Na/c1-7-21-17(3)25-13-26-19(5)23(9-11-33(39)40)31(37-26)16-32-24(10-12-34(41)42)20(6)28(38-32)15-30-22(8-2)18(4)27(36-30)14-29(21)35-25;;;/h7-8,13-16H,1-2,9-12H2,3-6H3,(H4,35,36,37,38,39,40,41,42);;;/q;+2;2*+1/p-4. The number of carboxylic acids is 2. The van der Waals surface area contributed by atoms with Gasteiger partial charge in [-0.3, -0.25) is 0 Å². The summed E-state index contributed by atoms with van der Waals surface area (Å²) < 4.78 is 0. The summed E-state index contributed by atoms with van der Waals surface area (Å²) >= 11 is 0. The molecule has 8 nitrogen and oxygen atoms in total. The van der Waals surface area contributed by atoms with Gasteiger partial charge < -0.3 is 29.8 Å². The normalized spacial score (nSPS) is 12.2. The molecule has 3 aromatic rings. The molecule has 45 heavy (non-hydrogen) atoms. The summed E-state index contributed by atoms with van der Waals surface area (Å²) in [4.78, 5) is 42.4. The molecule has 0 amide bonds. The Morgan fingerprint density at radius 2 is 1.22 bits per heavy atom. The van der Waals surface area contributed by atoms with Gasteiger partial charge in [-0.05, 0) is 75.7 Å². The summed E-state index contributed by atoms with van der Waals surface area (Å²) in [7, 11) is 0. The number of hydrogen-bond donors (Lipinski definition) is 0. The number of nitrogens with zero attached hydrogens (tertiary/aromatic N) is 4. The fourth-order valence-electron chi connectivity index (χ4n) is 5.60. The number of allylic oxidation sites excluding steroid dienone is 5. The predicted molar refractivity (Wildman–Crippen MR) is 161 cm³/mol. The molecule has 0 N–H and O–H groups in total. The number of aliphatic carboxylic acids is 2. The van der Waals surface area contributed by atoms with Crippen LogP contribution in [0.25, 0.3) is 50.4 Å². The molecule has 0 fully saturated rings. The fraction of sp³-hybridized carbons (Fsp3) is 0.235. The molecule has 220 valence electrons. The SMILES string of the molecule is C=CC1=C(C)c2cc3[n-]c(cc4nc(cc5[n-]c(cc1n2)c(C)c5C=C)C(C)=C4CCC(=O)[O-])c(CCC(=O)[O-])c3C.[Fe+2].[Na+].[Na+]. The minimum absolute atomic E-state index is 0. The molecule has 0 aliphatic carbocycles. The third kappa shape index (κ3) is 7.75. The Bertz CT molecular complexity index is 1940. The van der Waals surface area contributed by atoms with Crippen molar-refractivity contribution in [3.63, 3.8) is 0 Å². The molecule has 0 atom stereocenters. The van der Waals surface area contributed by atoms with E-state index in [9.17, 15) is 19.8 Å². The van der Waals surface area contributed by atoms with Gasteiger partial charge in [-0.25, -0.2) is 9.97 Å². The zero-order valence-corrected chi connectivity index (χ0v) is 31.6. The van der Waals surface area contributed by atoms with E-state index in [-0.39, 0.29) is 102 Å². The van der Waals surface area contributed by atoms with Gasteiger partial charge in [-0.15, -0.1) is 22.1 Å². The van der Waals surface area contributed by atoms with E-state index in [1.165, 1.54) is 0 Å². The number of aryl methyl sites for hydroxylation is 3. The molecule has 8 bridgehead atoms. The average molecular weight is 660 g/mol. The third-order valence-corrected chi connectivity index (χ3v) is 8.04. The van der Waals surface area contributed by atoms with Gasteiger partial charge in [-0.2, -0.15) is 0 Å². The molecule has 2 aliphatic rings. The first-order valence-electron chi connectivity index (χ1n) is 13.7. The number of fused-ring (bicyclic) bond motifs is 8. The van der Waals surface area contributed by atoms with Crippen molar-refractivity contribution in [1.82, 2.24) is 19.9 Å². The number of rotatable bonds is 8. The maximum Gasteiger partial charge on any atom is 2.00 e. The molecule has 0 saturated heterocycles. The van der Waals surface area contributed by atoms with Crippen LogP contribution < -0.4 is 79.3 Å². The number of carbonyl (C=O) groups excluding carboxylic acids is 2. The summed E-state index contributed by atoms with van der Waals surface area (Å²) in [6.45, 7) is 15.8. The zero-order chi connectivity index (χ0) is 30.3. The van der Waals surface area contributed by atoms with Gasteiger partial charge in [0.2, 0.25) is 0 Å². The van der Waals surface area contributed by atoms with Gasteiger partial charge in [0.25, 0.3) is 0 Å². The molecule has 3 aromatic heterocycles. The Balaban J connectivity index is 0.00000235. The Morgan fingerprint density at radius 3 is 1.84 bits per heavy atom. The van der Waals surface area contributed by atoms with Gasteiger partial charge in [0, 0.05) is 17.5 Å². The number of carbonyl (C=O) groups is 2. The van der Waals surface area contributed by atoms with Crippen LogP contribution in [0.1, 0.15) is 78.1 Å². The van der Waals surface area contributed by atoms with Crippen LogP contribution in [0, 0.1) is 13.8 Å². The van der Waals surface area contributed by atoms with Gasteiger partial charge in [0.15, 0.2) is 0 Å². The Kier molecular flexibility index (Phi) is 13.7. The van der Waals surface area contributed by atoms with Gasteiger partial charge in [0.1, 0.15) is 0 Å². The second-order valence-corrected chi connectivity index (χ2v) is 10.5. The Morgan fingerprint density at radius 1 is 0.711 bits per heavy atom. The Hall–Kier alpha value is -2.46. The number of aromatic nitrogens is 4. The topological polar surface area (TPSA) is 134 Å². The van der Waals surface area contributed by atoms with Crippen molar-refractivity contribution in [2.75, 3.05) is 0 Å².